The van der Waals surface area contributed by atoms with E-state index in [0.717, 1.165) is 77.7 Å². The van der Waals surface area contributed by atoms with Crippen molar-refractivity contribution in [3.8, 4) is 0 Å². The van der Waals surface area contributed by atoms with Crippen LogP contribution < -0.4 is 10.6 Å². The van der Waals surface area contributed by atoms with Crippen LogP contribution in [-0.2, 0) is 18.2 Å². The van der Waals surface area contributed by atoms with Gasteiger partial charge in [0.2, 0.25) is 0 Å². The van der Waals surface area contributed by atoms with E-state index < -0.39 is 0 Å². The summed E-state index contributed by atoms with van der Waals surface area (Å²) in [5.74, 6) is 0.922. The van der Waals surface area contributed by atoms with Crippen LogP contribution in [0.25, 0.3) is 0 Å². The van der Waals surface area contributed by atoms with Crippen LogP contribution in [0.4, 0.5) is 0 Å². The fourth-order valence-corrected chi connectivity index (χ4v) is 2.75. The van der Waals surface area contributed by atoms with Gasteiger partial charge in [0, 0.05) is 46.0 Å². The van der Waals surface area contributed by atoms with Gasteiger partial charge in [-0.05, 0) is 38.3 Å². The summed E-state index contributed by atoms with van der Waals surface area (Å²) in [5, 5.41) is 10.9. The molecule has 1 aliphatic rings. The Labute approximate surface area is 145 Å². The van der Waals surface area contributed by atoms with Gasteiger partial charge in [0.15, 0.2) is 5.96 Å². The summed E-state index contributed by atoms with van der Waals surface area (Å²) in [6.45, 7) is 9.74. The number of nitrogens with one attached hydrogen (secondary N) is 2. The molecular formula is C17H32N6O. The highest BCUT2D eigenvalue weighted by Gasteiger charge is 2.09. The van der Waals surface area contributed by atoms with Gasteiger partial charge in [-0.2, -0.15) is 5.10 Å². The fraction of sp³-hybridized carbons (Fsp3) is 0.765. The second kappa shape index (κ2) is 11.0. The van der Waals surface area contributed by atoms with Crippen LogP contribution in [0.2, 0.25) is 0 Å². The maximum atomic E-state index is 5.37. The zero-order chi connectivity index (χ0) is 17.0. The Kier molecular flexibility index (Phi) is 8.62. The molecule has 0 saturated carbocycles. The standard InChI is InChI=1S/C17H32N6O/c1-3-18-17(19-7-4-6-16-14-21-22(2)15-16)20-8-5-9-23-10-12-24-13-11-23/h14-15H,3-13H2,1-2H3,(H2,18,19,20). The lowest BCUT2D eigenvalue weighted by atomic mass is 10.2. The first-order valence-electron chi connectivity index (χ1n) is 9.07. The van der Waals surface area contributed by atoms with E-state index in [0.29, 0.717) is 0 Å². The Morgan fingerprint density at radius 2 is 2.12 bits per heavy atom. The van der Waals surface area contributed by atoms with Gasteiger partial charge in [0.1, 0.15) is 0 Å². The van der Waals surface area contributed by atoms with Crippen LogP contribution in [0.1, 0.15) is 25.3 Å². The first-order valence-corrected chi connectivity index (χ1v) is 9.07. The van der Waals surface area contributed by atoms with Crippen molar-refractivity contribution in [3.63, 3.8) is 0 Å². The molecule has 0 radical (unpaired) electrons. The molecule has 0 amide bonds. The van der Waals surface area contributed by atoms with E-state index in [-0.39, 0.29) is 0 Å². The van der Waals surface area contributed by atoms with Gasteiger partial charge in [-0.1, -0.05) is 0 Å². The minimum Gasteiger partial charge on any atom is -0.379 e. The molecule has 0 bridgehead atoms. The predicted octanol–water partition coefficient (Wildman–Crippen LogP) is 0.630. The molecule has 0 aliphatic carbocycles. The summed E-state index contributed by atoms with van der Waals surface area (Å²) < 4.78 is 7.22. The first-order chi connectivity index (χ1) is 11.8. The summed E-state index contributed by atoms with van der Waals surface area (Å²) in [4.78, 5) is 7.11. The molecule has 1 saturated heterocycles. The number of nitrogens with zero attached hydrogens (tertiary/aromatic N) is 4. The number of morpholine rings is 1. The number of ether oxygens (including phenoxy) is 1. The number of rotatable bonds is 9. The average molecular weight is 336 g/mol. The Balaban J connectivity index is 1.60. The summed E-state index contributed by atoms with van der Waals surface area (Å²) in [7, 11) is 1.95. The van der Waals surface area contributed by atoms with E-state index in [1.54, 1.807) is 0 Å². The molecule has 0 aromatic carbocycles. The lowest BCUT2D eigenvalue weighted by Gasteiger charge is -2.26. The molecule has 0 spiro atoms. The van der Waals surface area contributed by atoms with Crippen LogP contribution in [0, 0.1) is 0 Å². The van der Waals surface area contributed by atoms with Crippen molar-refractivity contribution in [1.29, 1.82) is 0 Å². The molecular weight excluding hydrogens is 304 g/mol. The molecule has 2 heterocycles. The molecule has 24 heavy (non-hydrogen) atoms. The lowest BCUT2D eigenvalue weighted by Crippen LogP contribution is -2.40. The third-order valence-corrected chi connectivity index (χ3v) is 4.04. The van der Waals surface area contributed by atoms with Crippen molar-refractivity contribution < 1.29 is 4.74 Å². The third kappa shape index (κ3) is 7.31. The zero-order valence-electron chi connectivity index (χ0n) is 15.1. The topological polar surface area (TPSA) is 66.7 Å². The Morgan fingerprint density at radius 3 is 2.83 bits per heavy atom. The molecule has 1 fully saturated rings. The number of aryl methyl sites for hydroxylation is 2. The van der Waals surface area contributed by atoms with Crippen molar-refractivity contribution >= 4 is 5.96 Å². The first kappa shape index (κ1) is 18.7. The van der Waals surface area contributed by atoms with Gasteiger partial charge >= 0.3 is 0 Å². The Hall–Kier alpha value is -1.60. The summed E-state index contributed by atoms with van der Waals surface area (Å²) in [6.07, 6.45) is 7.18. The summed E-state index contributed by atoms with van der Waals surface area (Å²) >= 11 is 0. The quantitative estimate of drug-likeness (QED) is 0.393. The minimum absolute atomic E-state index is 0.827. The van der Waals surface area contributed by atoms with E-state index >= 15 is 0 Å². The summed E-state index contributed by atoms with van der Waals surface area (Å²) in [5.41, 5.74) is 1.27. The molecule has 1 aromatic rings. The van der Waals surface area contributed by atoms with E-state index in [2.05, 4.69) is 38.7 Å². The average Bonchev–Trinajstić information content (AvgIpc) is 3.01. The third-order valence-electron chi connectivity index (χ3n) is 4.04. The van der Waals surface area contributed by atoms with Crippen LogP contribution in [0.3, 0.4) is 0 Å². The molecule has 1 aliphatic heterocycles. The van der Waals surface area contributed by atoms with Crippen LogP contribution in [0.5, 0.6) is 0 Å². The number of aromatic nitrogens is 2. The second-order valence-electron chi connectivity index (χ2n) is 6.12. The molecule has 2 N–H and O–H groups in total. The van der Waals surface area contributed by atoms with Crippen LogP contribution in [-0.4, -0.2) is 73.1 Å². The second-order valence-corrected chi connectivity index (χ2v) is 6.12. The molecule has 2 rings (SSSR count). The fourth-order valence-electron chi connectivity index (χ4n) is 2.75. The Bertz CT molecular complexity index is 481. The highest BCUT2D eigenvalue weighted by atomic mass is 16.5. The van der Waals surface area contributed by atoms with E-state index in [1.807, 2.05) is 17.9 Å². The van der Waals surface area contributed by atoms with E-state index in [1.165, 1.54) is 5.56 Å². The van der Waals surface area contributed by atoms with Crippen molar-refractivity contribution in [2.75, 3.05) is 52.5 Å². The molecule has 136 valence electrons. The van der Waals surface area contributed by atoms with Crippen molar-refractivity contribution in [2.45, 2.75) is 26.2 Å². The SMILES string of the molecule is CCNC(=NCCCc1cnn(C)c1)NCCCN1CCOCC1. The lowest BCUT2D eigenvalue weighted by molar-refractivity contribution is 0.0376. The van der Waals surface area contributed by atoms with Gasteiger partial charge < -0.3 is 15.4 Å². The molecule has 0 atom stereocenters. The minimum atomic E-state index is 0.827. The van der Waals surface area contributed by atoms with Gasteiger partial charge in [0.25, 0.3) is 0 Å². The van der Waals surface area contributed by atoms with Gasteiger partial charge in [-0.25, -0.2) is 0 Å². The molecule has 7 nitrogen and oxygen atoms in total. The van der Waals surface area contributed by atoms with Crippen LogP contribution >= 0.6 is 0 Å². The van der Waals surface area contributed by atoms with E-state index in [4.69, 9.17) is 4.74 Å². The molecule has 7 heteroatoms. The number of aliphatic imine (C=N–C) groups is 1. The van der Waals surface area contributed by atoms with Gasteiger partial charge in [-0.15, -0.1) is 0 Å². The predicted molar refractivity (Wildman–Crippen MR) is 97.4 cm³/mol. The zero-order valence-corrected chi connectivity index (χ0v) is 15.1. The van der Waals surface area contributed by atoms with Crippen molar-refractivity contribution in [3.05, 3.63) is 18.0 Å². The van der Waals surface area contributed by atoms with Crippen LogP contribution in [0.15, 0.2) is 17.4 Å². The molecule has 1 aromatic heterocycles. The smallest absolute Gasteiger partial charge is 0.191 e. The summed E-state index contributed by atoms with van der Waals surface area (Å²) in [6, 6.07) is 0. The maximum Gasteiger partial charge on any atom is 0.191 e. The number of hydrogen-bond donors (Lipinski definition) is 2. The normalized spacial score (nSPS) is 16.3. The van der Waals surface area contributed by atoms with Crippen molar-refractivity contribution in [1.82, 2.24) is 25.3 Å². The number of hydrogen-bond acceptors (Lipinski definition) is 4. The maximum absolute atomic E-state index is 5.37. The van der Waals surface area contributed by atoms with Crippen molar-refractivity contribution in [2.24, 2.45) is 12.0 Å². The largest absolute Gasteiger partial charge is 0.379 e. The monoisotopic (exact) mass is 336 g/mol. The highest BCUT2D eigenvalue weighted by molar-refractivity contribution is 5.79. The highest BCUT2D eigenvalue weighted by Crippen LogP contribution is 2.01. The van der Waals surface area contributed by atoms with Gasteiger partial charge in [-0.3, -0.25) is 14.6 Å². The Morgan fingerprint density at radius 1 is 1.29 bits per heavy atom. The number of guanidine groups is 1. The van der Waals surface area contributed by atoms with E-state index in [9.17, 15) is 0 Å². The molecule has 0 unspecified atom stereocenters. The van der Waals surface area contributed by atoms with Gasteiger partial charge in [0.05, 0.1) is 19.4 Å².